The molecule has 0 radical (unpaired) electrons. The zero-order valence-corrected chi connectivity index (χ0v) is 10.8. The summed E-state index contributed by atoms with van der Waals surface area (Å²) in [5, 5.41) is 13.1. The molecule has 0 saturated carbocycles. The summed E-state index contributed by atoms with van der Waals surface area (Å²) in [6.45, 7) is 0.278. The summed E-state index contributed by atoms with van der Waals surface area (Å²) >= 11 is 0. The molecule has 0 aliphatic rings. The first-order valence-corrected chi connectivity index (χ1v) is 6.09. The molecule has 0 fully saturated rings. The molecule has 21 heavy (non-hydrogen) atoms. The third-order valence-electron chi connectivity index (χ3n) is 2.89. The number of benzene rings is 2. The van der Waals surface area contributed by atoms with Crippen LogP contribution in [0.25, 0.3) is 0 Å². The van der Waals surface area contributed by atoms with Gasteiger partial charge in [-0.05, 0) is 12.0 Å². The minimum absolute atomic E-state index is 0.0154. The molecule has 2 aromatic carbocycles. The first kappa shape index (κ1) is 14.8. The molecular formula is C14H11F3N2O2. The Hall–Kier alpha value is -2.57. The molecular weight excluding hydrogens is 285 g/mol. The van der Waals surface area contributed by atoms with Gasteiger partial charge in [0.15, 0.2) is 11.6 Å². The van der Waals surface area contributed by atoms with Gasteiger partial charge in [-0.1, -0.05) is 12.1 Å². The van der Waals surface area contributed by atoms with Crippen molar-refractivity contribution in [1.29, 1.82) is 0 Å². The molecule has 0 heterocycles. The fraction of sp³-hybridized carbons (Fsp3) is 0.143. The maximum atomic E-state index is 13.4. The standard InChI is InChI=1S/C14H11F3N2O2/c15-11-7-13(17)14(8-12(11)16)18-6-5-9-1-3-10(4-2-9)19(20)21/h1-4,7-8,18H,5-6H2. The molecule has 0 spiro atoms. The number of rotatable bonds is 5. The zero-order valence-electron chi connectivity index (χ0n) is 10.8. The van der Waals surface area contributed by atoms with Crippen molar-refractivity contribution >= 4 is 11.4 Å². The lowest BCUT2D eigenvalue weighted by Crippen LogP contribution is -2.07. The molecule has 0 aliphatic heterocycles. The number of nitro groups is 1. The van der Waals surface area contributed by atoms with Gasteiger partial charge in [0.25, 0.3) is 5.69 Å². The third kappa shape index (κ3) is 3.71. The predicted molar refractivity (Wildman–Crippen MR) is 71.6 cm³/mol. The van der Waals surface area contributed by atoms with Crippen molar-refractivity contribution in [2.24, 2.45) is 0 Å². The van der Waals surface area contributed by atoms with Crippen LogP contribution < -0.4 is 5.32 Å². The van der Waals surface area contributed by atoms with E-state index >= 15 is 0 Å². The highest BCUT2D eigenvalue weighted by Crippen LogP contribution is 2.18. The molecule has 2 aromatic rings. The maximum absolute atomic E-state index is 13.4. The maximum Gasteiger partial charge on any atom is 0.269 e. The van der Waals surface area contributed by atoms with Crippen molar-refractivity contribution in [2.75, 3.05) is 11.9 Å². The van der Waals surface area contributed by atoms with Crippen LogP contribution in [0, 0.1) is 27.6 Å². The lowest BCUT2D eigenvalue weighted by atomic mass is 10.1. The van der Waals surface area contributed by atoms with Crippen LogP contribution in [0.4, 0.5) is 24.5 Å². The van der Waals surface area contributed by atoms with Crippen LogP contribution in [0.3, 0.4) is 0 Å². The molecule has 0 unspecified atom stereocenters. The molecule has 0 bridgehead atoms. The van der Waals surface area contributed by atoms with Crippen LogP contribution in [0.15, 0.2) is 36.4 Å². The number of anilines is 1. The van der Waals surface area contributed by atoms with Crippen molar-refractivity contribution in [3.63, 3.8) is 0 Å². The second kappa shape index (κ2) is 6.25. The number of nitrogens with one attached hydrogen (secondary N) is 1. The first-order valence-electron chi connectivity index (χ1n) is 6.09. The number of non-ortho nitro benzene ring substituents is 1. The molecule has 4 nitrogen and oxygen atoms in total. The van der Waals surface area contributed by atoms with E-state index in [1.807, 2.05) is 0 Å². The SMILES string of the molecule is O=[N+]([O-])c1ccc(CCNc2cc(F)c(F)cc2F)cc1. The lowest BCUT2D eigenvalue weighted by molar-refractivity contribution is -0.384. The topological polar surface area (TPSA) is 55.2 Å². The van der Waals surface area contributed by atoms with Crippen molar-refractivity contribution < 1.29 is 18.1 Å². The Labute approximate surface area is 118 Å². The van der Waals surface area contributed by atoms with Gasteiger partial charge in [-0.25, -0.2) is 13.2 Å². The van der Waals surface area contributed by atoms with Crippen molar-refractivity contribution in [2.45, 2.75) is 6.42 Å². The molecule has 7 heteroatoms. The van der Waals surface area contributed by atoms with Crippen molar-refractivity contribution in [3.8, 4) is 0 Å². The summed E-state index contributed by atoms with van der Waals surface area (Å²) in [5.41, 5.74) is 0.658. The Morgan fingerprint density at radius 2 is 1.62 bits per heavy atom. The van der Waals surface area contributed by atoms with E-state index in [4.69, 9.17) is 0 Å². The minimum Gasteiger partial charge on any atom is -0.382 e. The van der Waals surface area contributed by atoms with Crippen molar-refractivity contribution in [3.05, 3.63) is 69.5 Å². The lowest BCUT2D eigenvalue weighted by Gasteiger charge is -2.08. The Kier molecular flexibility index (Phi) is 4.42. The fourth-order valence-corrected chi connectivity index (χ4v) is 1.78. The van der Waals surface area contributed by atoms with Crippen molar-refractivity contribution in [1.82, 2.24) is 0 Å². The third-order valence-corrected chi connectivity index (χ3v) is 2.89. The van der Waals surface area contributed by atoms with Gasteiger partial charge in [-0.15, -0.1) is 0 Å². The van der Waals surface area contributed by atoms with Gasteiger partial charge in [0.2, 0.25) is 0 Å². The summed E-state index contributed by atoms with van der Waals surface area (Å²) in [7, 11) is 0. The van der Waals surface area contributed by atoms with E-state index < -0.39 is 22.4 Å². The summed E-state index contributed by atoms with van der Waals surface area (Å²) in [6, 6.07) is 7.13. The molecule has 0 amide bonds. The molecule has 110 valence electrons. The first-order chi connectivity index (χ1) is 9.97. The number of nitro benzene ring substituents is 1. The van der Waals surface area contributed by atoms with Gasteiger partial charge in [0.1, 0.15) is 5.82 Å². The average Bonchev–Trinajstić information content (AvgIpc) is 2.45. The highest BCUT2D eigenvalue weighted by molar-refractivity contribution is 5.45. The monoisotopic (exact) mass is 296 g/mol. The van der Waals surface area contributed by atoms with Gasteiger partial charge in [-0.2, -0.15) is 0 Å². The zero-order chi connectivity index (χ0) is 15.4. The quantitative estimate of drug-likeness (QED) is 0.520. The molecule has 1 N–H and O–H groups in total. The second-order valence-corrected chi connectivity index (χ2v) is 4.35. The van der Waals surface area contributed by atoms with E-state index in [-0.39, 0.29) is 17.9 Å². The van der Waals surface area contributed by atoms with E-state index in [0.29, 0.717) is 12.5 Å². The molecule has 0 saturated heterocycles. The number of hydrogen-bond donors (Lipinski definition) is 1. The van der Waals surface area contributed by atoms with Crippen LogP contribution in [-0.2, 0) is 6.42 Å². The van der Waals surface area contributed by atoms with Crippen LogP contribution >= 0.6 is 0 Å². The Morgan fingerprint density at radius 1 is 1.00 bits per heavy atom. The van der Waals surface area contributed by atoms with E-state index in [9.17, 15) is 23.3 Å². The van der Waals surface area contributed by atoms with E-state index in [0.717, 1.165) is 11.6 Å². The van der Waals surface area contributed by atoms with Crippen LogP contribution in [0.5, 0.6) is 0 Å². The Balaban J connectivity index is 1.95. The summed E-state index contributed by atoms with van der Waals surface area (Å²) < 4.78 is 39.1. The van der Waals surface area contributed by atoms with Gasteiger partial charge in [0, 0.05) is 30.8 Å². The number of halogens is 3. The highest BCUT2D eigenvalue weighted by Gasteiger charge is 2.09. The van der Waals surface area contributed by atoms with E-state index in [1.54, 1.807) is 12.1 Å². The van der Waals surface area contributed by atoms with Gasteiger partial charge >= 0.3 is 0 Å². The molecule has 0 aromatic heterocycles. The Morgan fingerprint density at radius 3 is 2.24 bits per heavy atom. The van der Waals surface area contributed by atoms with Crippen LogP contribution in [0.1, 0.15) is 5.56 Å². The second-order valence-electron chi connectivity index (χ2n) is 4.35. The summed E-state index contributed by atoms with van der Waals surface area (Å²) in [5.74, 6) is -3.25. The fourth-order valence-electron chi connectivity index (χ4n) is 1.78. The van der Waals surface area contributed by atoms with Gasteiger partial charge in [0.05, 0.1) is 10.6 Å². The largest absolute Gasteiger partial charge is 0.382 e. The van der Waals surface area contributed by atoms with Crippen LogP contribution in [0.2, 0.25) is 0 Å². The van der Waals surface area contributed by atoms with Gasteiger partial charge in [-0.3, -0.25) is 10.1 Å². The van der Waals surface area contributed by atoms with E-state index in [2.05, 4.69) is 5.32 Å². The normalized spacial score (nSPS) is 10.4. The minimum atomic E-state index is -1.24. The van der Waals surface area contributed by atoms with E-state index in [1.165, 1.54) is 12.1 Å². The predicted octanol–water partition coefficient (Wildman–Crippen LogP) is 3.67. The van der Waals surface area contributed by atoms with Crippen LogP contribution in [-0.4, -0.2) is 11.5 Å². The Bertz CT molecular complexity index is 660. The summed E-state index contributed by atoms with van der Waals surface area (Å²) in [4.78, 5) is 9.99. The number of hydrogen-bond acceptors (Lipinski definition) is 3. The molecule has 0 atom stereocenters. The summed E-state index contributed by atoms with van der Waals surface area (Å²) in [6.07, 6.45) is 0.455. The molecule has 2 rings (SSSR count). The average molecular weight is 296 g/mol. The van der Waals surface area contributed by atoms with Gasteiger partial charge < -0.3 is 5.32 Å². The number of nitrogens with zero attached hydrogens (tertiary/aromatic N) is 1. The smallest absolute Gasteiger partial charge is 0.269 e. The molecule has 0 aliphatic carbocycles. The highest BCUT2D eigenvalue weighted by atomic mass is 19.2.